The molecule has 1 heterocycles. The number of nitrogens with one attached hydrogen (secondary N) is 1. The molecule has 34 heavy (non-hydrogen) atoms. The van der Waals surface area contributed by atoms with Gasteiger partial charge in [-0.2, -0.15) is 0 Å². The lowest BCUT2D eigenvalue weighted by Gasteiger charge is -2.11. The Labute approximate surface area is 201 Å². The molecule has 0 aliphatic rings. The fraction of sp³-hybridized carbons (Fsp3) is 0.160. The third-order valence-electron chi connectivity index (χ3n) is 5.19. The van der Waals surface area contributed by atoms with Crippen molar-refractivity contribution in [3.8, 4) is 5.69 Å². The van der Waals surface area contributed by atoms with Crippen molar-refractivity contribution in [3.05, 3.63) is 111 Å². The highest BCUT2D eigenvalue weighted by atomic mass is 32.2. The molecule has 0 spiro atoms. The number of aryl methyl sites for hydroxylation is 2. The number of nitro groups is 1. The lowest BCUT2D eigenvalue weighted by molar-refractivity contribution is -0.384. The van der Waals surface area contributed by atoms with Crippen LogP contribution in [0.2, 0.25) is 0 Å². The quantitative estimate of drug-likeness (QED) is 0.219. The Hall–Kier alpha value is -3.98. The summed E-state index contributed by atoms with van der Waals surface area (Å²) >= 11 is 1.51. The number of nitrogens with zero attached hydrogens (tertiary/aromatic N) is 4. The third kappa shape index (κ3) is 5.49. The molecule has 1 aromatic heterocycles. The van der Waals surface area contributed by atoms with E-state index in [2.05, 4.69) is 27.6 Å². The van der Waals surface area contributed by atoms with Crippen LogP contribution in [0.1, 0.15) is 32.9 Å². The summed E-state index contributed by atoms with van der Waals surface area (Å²) in [5.74, 6) is 0.996. The van der Waals surface area contributed by atoms with E-state index >= 15 is 0 Å². The van der Waals surface area contributed by atoms with Gasteiger partial charge >= 0.3 is 0 Å². The highest BCUT2D eigenvalue weighted by Crippen LogP contribution is 2.26. The van der Waals surface area contributed by atoms with Gasteiger partial charge < -0.3 is 5.32 Å². The Bertz CT molecular complexity index is 1320. The Morgan fingerprint density at radius 1 is 1.00 bits per heavy atom. The number of rotatable bonds is 8. The van der Waals surface area contributed by atoms with Crippen molar-refractivity contribution in [2.24, 2.45) is 0 Å². The zero-order valence-electron chi connectivity index (χ0n) is 18.8. The summed E-state index contributed by atoms with van der Waals surface area (Å²) in [6.07, 6.45) is 0. The average molecular weight is 474 g/mol. The molecule has 172 valence electrons. The molecule has 4 rings (SSSR count). The Kier molecular flexibility index (Phi) is 7.03. The number of amides is 1. The Balaban J connectivity index is 1.59. The zero-order chi connectivity index (χ0) is 24.1. The number of hydrogen-bond acceptors (Lipinski definition) is 6. The molecule has 4 aromatic rings. The maximum absolute atomic E-state index is 12.6. The predicted molar refractivity (Wildman–Crippen MR) is 131 cm³/mol. The number of carbonyl (C=O) groups excluding carboxylic acids is 1. The summed E-state index contributed by atoms with van der Waals surface area (Å²) in [5, 5.41) is 23.2. The van der Waals surface area contributed by atoms with Crippen LogP contribution in [0.4, 0.5) is 5.69 Å². The van der Waals surface area contributed by atoms with E-state index in [1.165, 1.54) is 29.5 Å². The fourth-order valence-electron chi connectivity index (χ4n) is 3.41. The van der Waals surface area contributed by atoms with Crippen molar-refractivity contribution < 1.29 is 9.72 Å². The van der Waals surface area contributed by atoms with E-state index in [1.54, 1.807) is 24.3 Å². The van der Waals surface area contributed by atoms with Crippen molar-refractivity contribution in [1.82, 2.24) is 20.1 Å². The fourth-order valence-corrected chi connectivity index (χ4v) is 4.32. The van der Waals surface area contributed by atoms with E-state index < -0.39 is 4.92 Å². The molecular formula is C25H23N5O3S. The Morgan fingerprint density at radius 3 is 2.41 bits per heavy atom. The maximum atomic E-state index is 12.6. The van der Waals surface area contributed by atoms with Crippen LogP contribution < -0.4 is 5.32 Å². The van der Waals surface area contributed by atoms with Crippen molar-refractivity contribution >= 4 is 23.4 Å². The van der Waals surface area contributed by atoms with Crippen molar-refractivity contribution in [1.29, 1.82) is 0 Å². The molecule has 0 atom stereocenters. The number of benzene rings is 3. The normalized spacial score (nSPS) is 10.8. The minimum Gasteiger partial charge on any atom is -0.345 e. The van der Waals surface area contributed by atoms with Gasteiger partial charge in [0.05, 0.1) is 11.5 Å². The van der Waals surface area contributed by atoms with Crippen LogP contribution in [0.15, 0.2) is 78.0 Å². The first-order valence-electron chi connectivity index (χ1n) is 10.6. The van der Waals surface area contributed by atoms with Gasteiger partial charge in [0.1, 0.15) is 0 Å². The lowest BCUT2D eigenvalue weighted by Crippen LogP contribution is -2.24. The molecule has 0 fully saturated rings. The molecule has 0 saturated heterocycles. The second kappa shape index (κ2) is 10.3. The average Bonchev–Trinajstić information content (AvgIpc) is 3.24. The predicted octanol–water partition coefficient (Wildman–Crippen LogP) is 5.01. The number of thioether (sulfide) groups is 1. The van der Waals surface area contributed by atoms with Crippen LogP contribution in [0.25, 0.3) is 5.69 Å². The first-order valence-corrected chi connectivity index (χ1v) is 11.6. The highest BCUT2D eigenvalue weighted by Gasteiger charge is 2.17. The maximum Gasteiger partial charge on any atom is 0.269 e. The van der Waals surface area contributed by atoms with Gasteiger partial charge in [-0.1, -0.05) is 59.3 Å². The van der Waals surface area contributed by atoms with Crippen LogP contribution in [0.3, 0.4) is 0 Å². The highest BCUT2D eigenvalue weighted by molar-refractivity contribution is 7.98. The number of carbonyl (C=O) groups is 1. The summed E-state index contributed by atoms with van der Waals surface area (Å²) < 4.78 is 1.82. The molecule has 0 aliphatic carbocycles. The van der Waals surface area contributed by atoms with Crippen LogP contribution in [0.5, 0.6) is 0 Å². The van der Waals surface area contributed by atoms with Crippen molar-refractivity contribution in [2.75, 3.05) is 0 Å². The van der Waals surface area contributed by atoms with Gasteiger partial charge in [0.25, 0.3) is 11.6 Å². The van der Waals surface area contributed by atoms with E-state index in [-0.39, 0.29) is 18.1 Å². The molecule has 1 amide bonds. The van der Waals surface area contributed by atoms with Crippen LogP contribution in [0, 0.1) is 24.0 Å². The molecule has 0 saturated carbocycles. The van der Waals surface area contributed by atoms with Gasteiger partial charge in [0.15, 0.2) is 11.0 Å². The molecule has 1 N–H and O–H groups in total. The molecular weight excluding hydrogens is 450 g/mol. The Morgan fingerprint density at radius 2 is 1.74 bits per heavy atom. The second-order valence-corrected chi connectivity index (χ2v) is 8.78. The summed E-state index contributed by atoms with van der Waals surface area (Å²) in [7, 11) is 0. The van der Waals surface area contributed by atoms with Gasteiger partial charge in [-0.15, -0.1) is 10.2 Å². The molecule has 0 unspecified atom stereocenters. The van der Waals surface area contributed by atoms with Gasteiger partial charge in [-0.05, 0) is 43.7 Å². The number of hydrogen-bond donors (Lipinski definition) is 1. The minimum absolute atomic E-state index is 0.0000112. The van der Waals surface area contributed by atoms with Crippen LogP contribution >= 0.6 is 11.8 Å². The van der Waals surface area contributed by atoms with E-state index in [0.717, 1.165) is 11.1 Å². The van der Waals surface area contributed by atoms with E-state index in [1.807, 2.05) is 42.7 Å². The lowest BCUT2D eigenvalue weighted by atomic mass is 10.1. The summed E-state index contributed by atoms with van der Waals surface area (Å²) in [6.45, 7) is 4.16. The van der Waals surface area contributed by atoms with Crippen molar-refractivity contribution in [2.45, 2.75) is 31.3 Å². The number of nitro benzene ring substituents is 1. The smallest absolute Gasteiger partial charge is 0.269 e. The molecule has 3 aromatic carbocycles. The van der Waals surface area contributed by atoms with Gasteiger partial charge in [-0.25, -0.2) is 0 Å². The van der Waals surface area contributed by atoms with Gasteiger partial charge in [-0.3, -0.25) is 19.5 Å². The minimum atomic E-state index is -0.438. The van der Waals surface area contributed by atoms with Crippen LogP contribution in [-0.2, 0) is 12.3 Å². The molecule has 9 heteroatoms. The molecule has 0 bridgehead atoms. The van der Waals surface area contributed by atoms with E-state index in [9.17, 15) is 14.9 Å². The standard InChI is InChI=1S/C25H23N5O3S/c1-17-6-8-20(9-7-17)24(31)26-15-23-27-28-25(34-16-19-5-3-4-18(2)14-19)29(23)21-10-12-22(13-11-21)30(32)33/h3-14H,15-16H2,1-2H3,(H,26,31). The van der Waals surface area contributed by atoms with Crippen LogP contribution in [-0.4, -0.2) is 25.6 Å². The zero-order valence-corrected chi connectivity index (χ0v) is 19.6. The second-order valence-electron chi connectivity index (χ2n) is 7.83. The number of non-ortho nitro benzene ring substituents is 1. The topological polar surface area (TPSA) is 103 Å². The molecule has 0 aliphatic heterocycles. The van der Waals surface area contributed by atoms with Crippen molar-refractivity contribution in [3.63, 3.8) is 0 Å². The van der Waals surface area contributed by atoms with Gasteiger partial charge in [0, 0.05) is 29.1 Å². The monoisotopic (exact) mass is 473 g/mol. The largest absolute Gasteiger partial charge is 0.345 e. The summed E-state index contributed by atoms with van der Waals surface area (Å²) in [5.41, 5.74) is 4.64. The third-order valence-corrected chi connectivity index (χ3v) is 6.19. The van der Waals surface area contributed by atoms with E-state index in [0.29, 0.717) is 28.0 Å². The van der Waals surface area contributed by atoms with Gasteiger partial charge in [0.2, 0.25) is 0 Å². The first-order chi connectivity index (χ1) is 16.4. The summed E-state index contributed by atoms with van der Waals surface area (Å²) in [4.78, 5) is 23.2. The van der Waals surface area contributed by atoms with E-state index in [4.69, 9.17) is 0 Å². The summed E-state index contributed by atoms with van der Waals surface area (Å²) in [6, 6.07) is 21.7. The SMILES string of the molecule is Cc1ccc(C(=O)NCc2nnc(SCc3cccc(C)c3)n2-c2ccc([N+](=O)[O-])cc2)cc1. The molecule has 0 radical (unpaired) electrons. The number of aromatic nitrogens is 3. The first kappa shape index (κ1) is 23.2. The molecule has 8 nitrogen and oxygen atoms in total.